The van der Waals surface area contributed by atoms with Gasteiger partial charge in [-0.2, -0.15) is 0 Å². The molecule has 6 heteroatoms. The molecule has 2 heterocycles. The Morgan fingerprint density at radius 2 is 2.29 bits per heavy atom. The van der Waals surface area contributed by atoms with Crippen LogP contribution in [0.2, 0.25) is 5.02 Å². The zero-order chi connectivity index (χ0) is 16.9. The minimum atomic E-state index is 0.0288. The van der Waals surface area contributed by atoms with E-state index in [9.17, 15) is 4.79 Å². The first-order valence-corrected chi connectivity index (χ1v) is 8.40. The third kappa shape index (κ3) is 3.91. The zero-order valence-electron chi connectivity index (χ0n) is 13.6. The van der Waals surface area contributed by atoms with Crippen LogP contribution in [0.5, 0.6) is 0 Å². The number of ether oxygens (including phenoxy) is 1. The van der Waals surface area contributed by atoms with E-state index in [4.69, 9.17) is 21.3 Å². The van der Waals surface area contributed by atoms with Gasteiger partial charge in [0.25, 0.3) is 0 Å². The Morgan fingerprint density at radius 3 is 3.08 bits per heavy atom. The van der Waals surface area contributed by atoms with Gasteiger partial charge >= 0.3 is 0 Å². The topological polar surface area (TPSA) is 55.3 Å². The molecule has 2 aromatic rings. The van der Waals surface area contributed by atoms with E-state index < -0.39 is 0 Å². The predicted octanol–water partition coefficient (Wildman–Crippen LogP) is 3.15. The summed E-state index contributed by atoms with van der Waals surface area (Å²) in [5, 5.41) is 0.675. The van der Waals surface area contributed by atoms with Crippen LogP contribution in [0, 0.1) is 0 Å². The molecule has 1 amide bonds. The van der Waals surface area contributed by atoms with Crippen LogP contribution in [-0.4, -0.2) is 47.6 Å². The molecule has 0 bridgehead atoms. The number of aromatic nitrogens is 2. The Balaban J connectivity index is 1.79. The van der Waals surface area contributed by atoms with Crippen LogP contribution in [0.25, 0.3) is 11.3 Å². The Labute approximate surface area is 146 Å². The van der Waals surface area contributed by atoms with Gasteiger partial charge in [0.05, 0.1) is 17.6 Å². The summed E-state index contributed by atoms with van der Waals surface area (Å²) in [4.78, 5) is 23.0. The van der Waals surface area contributed by atoms with Crippen LogP contribution in [0.1, 0.15) is 24.5 Å². The summed E-state index contributed by atoms with van der Waals surface area (Å²) in [6.07, 6.45) is 5.50. The van der Waals surface area contributed by atoms with Crippen molar-refractivity contribution in [2.24, 2.45) is 0 Å². The van der Waals surface area contributed by atoms with Crippen LogP contribution in [-0.2, 0) is 9.53 Å². The highest BCUT2D eigenvalue weighted by atomic mass is 35.5. The average Bonchev–Trinajstić information content (AvgIpc) is 2.62. The lowest BCUT2D eigenvalue weighted by atomic mass is 9.94. The van der Waals surface area contributed by atoms with E-state index in [1.165, 1.54) is 0 Å². The van der Waals surface area contributed by atoms with E-state index in [1.54, 1.807) is 19.5 Å². The molecule has 3 rings (SSSR count). The molecule has 0 N–H and O–H groups in total. The first-order valence-electron chi connectivity index (χ1n) is 8.02. The number of likely N-dealkylation sites (tertiary alicyclic amines) is 1. The fourth-order valence-electron chi connectivity index (χ4n) is 3.02. The minimum Gasteiger partial charge on any atom is -0.375 e. The normalized spacial score (nSPS) is 17.8. The van der Waals surface area contributed by atoms with Gasteiger partial charge in [-0.3, -0.25) is 9.78 Å². The third-order valence-electron chi connectivity index (χ3n) is 4.23. The lowest BCUT2D eigenvalue weighted by Crippen LogP contribution is -2.41. The number of benzene rings is 1. The molecule has 1 aromatic heterocycles. The maximum absolute atomic E-state index is 12.1. The van der Waals surface area contributed by atoms with E-state index in [0.717, 1.165) is 36.3 Å². The number of rotatable bonds is 4. The fourth-order valence-corrected chi connectivity index (χ4v) is 3.21. The summed E-state index contributed by atoms with van der Waals surface area (Å²) in [5.74, 6) is 0.229. The molecule has 0 radical (unpaired) electrons. The number of nitrogens with zero attached hydrogens (tertiary/aromatic N) is 3. The molecule has 24 heavy (non-hydrogen) atoms. The highest BCUT2D eigenvalue weighted by Gasteiger charge is 2.25. The Bertz CT molecular complexity index is 723. The van der Waals surface area contributed by atoms with Gasteiger partial charge in [0.1, 0.15) is 6.61 Å². The molecular formula is C18H20ClN3O2. The largest absolute Gasteiger partial charge is 0.375 e. The lowest BCUT2D eigenvalue weighted by molar-refractivity contribution is -0.136. The lowest BCUT2D eigenvalue weighted by Gasteiger charge is -2.32. The van der Waals surface area contributed by atoms with Crippen molar-refractivity contribution in [1.82, 2.24) is 14.9 Å². The number of hydrogen-bond acceptors (Lipinski definition) is 4. The summed E-state index contributed by atoms with van der Waals surface area (Å²) < 4.78 is 4.95. The molecule has 126 valence electrons. The summed E-state index contributed by atoms with van der Waals surface area (Å²) in [7, 11) is 1.54. The second-order valence-electron chi connectivity index (χ2n) is 5.95. The van der Waals surface area contributed by atoms with E-state index in [0.29, 0.717) is 11.6 Å². The summed E-state index contributed by atoms with van der Waals surface area (Å²) in [6, 6.07) is 7.58. The standard InChI is InChI=1S/C18H20ClN3O2/c1-24-12-18(23)22-7-3-5-14(11-22)17-10-20-9-16(21-17)13-4-2-6-15(19)8-13/h2,4,6,8-10,14H,3,5,7,11-12H2,1H3. The third-order valence-corrected chi connectivity index (χ3v) is 4.47. The number of carbonyl (C=O) groups is 1. The second-order valence-corrected chi connectivity index (χ2v) is 6.39. The molecule has 1 aliphatic heterocycles. The van der Waals surface area contributed by atoms with Gasteiger partial charge in [-0.25, -0.2) is 4.98 Å². The van der Waals surface area contributed by atoms with Crippen molar-refractivity contribution in [2.45, 2.75) is 18.8 Å². The van der Waals surface area contributed by atoms with Crippen molar-refractivity contribution in [3.05, 3.63) is 47.4 Å². The number of halogens is 1. The van der Waals surface area contributed by atoms with Crippen molar-refractivity contribution in [1.29, 1.82) is 0 Å². The Kier molecular flexibility index (Phi) is 5.43. The summed E-state index contributed by atoms with van der Waals surface area (Å²) in [5.41, 5.74) is 2.66. The molecule has 0 spiro atoms. The smallest absolute Gasteiger partial charge is 0.248 e. The maximum Gasteiger partial charge on any atom is 0.248 e. The SMILES string of the molecule is COCC(=O)N1CCCC(c2cncc(-c3cccc(Cl)c3)n2)C1. The first kappa shape index (κ1) is 16.9. The molecule has 1 unspecified atom stereocenters. The zero-order valence-corrected chi connectivity index (χ0v) is 14.4. The molecule has 1 atom stereocenters. The van der Waals surface area contributed by atoms with E-state index >= 15 is 0 Å². The van der Waals surface area contributed by atoms with Gasteiger partial charge in [0.15, 0.2) is 0 Å². The number of hydrogen-bond donors (Lipinski definition) is 0. The average molecular weight is 346 g/mol. The van der Waals surface area contributed by atoms with Gasteiger partial charge in [0, 0.05) is 42.9 Å². The molecule has 5 nitrogen and oxygen atoms in total. The van der Waals surface area contributed by atoms with Gasteiger partial charge in [0.2, 0.25) is 5.91 Å². The number of methoxy groups -OCH3 is 1. The van der Waals surface area contributed by atoms with Crippen molar-refractivity contribution in [3.8, 4) is 11.3 Å². The molecule has 1 fully saturated rings. The Hall–Kier alpha value is -1.98. The summed E-state index contributed by atoms with van der Waals surface area (Å²) in [6.45, 7) is 1.57. The highest BCUT2D eigenvalue weighted by molar-refractivity contribution is 6.30. The van der Waals surface area contributed by atoms with E-state index in [1.807, 2.05) is 29.2 Å². The van der Waals surface area contributed by atoms with Crippen molar-refractivity contribution in [2.75, 3.05) is 26.8 Å². The fraction of sp³-hybridized carbons (Fsp3) is 0.389. The van der Waals surface area contributed by atoms with Crippen LogP contribution in [0.3, 0.4) is 0 Å². The summed E-state index contributed by atoms with van der Waals surface area (Å²) >= 11 is 6.06. The first-order chi connectivity index (χ1) is 11.7. The number of piperidine rings is 1. The van der Waals surface area contributed by atoms with Crippen LogP contribution >= 0.6 is 11.6 Å². The van der Waals surface area contributed by atoms with Crippen LogP contribution in [0.4, 0.5) is 0 Å². The quantitative estimate of drug-likeness (QED) is 0.854. The minimum absolute atomic E-state index is 0.0288. The molecule has 0 saturated carbocycles. The van der Waals surface area contributed by atoms with Crippen molar-refractivity contribution < 1.29 is 9.53 Å². The molecule has 1 aliphatic rings. The second kappa shape index (κ2) is 7.73. The highest BCUT2D eigenvalue weighted by Crippen LogP contribution is 2.27. The molecular weight excluding hydrogens is 326 g/mol. The monoisotopic (exact) mass is 345 g/mol. The molecule has 0 aliphatic carbocycles. The van der Waals surface area contributed by atoms with Gasteiger partial charge < -0.3 is 9.64 Å². The van der Waals surface area contributed by atoms with Crippen molar-refractivity contribution in [3.63, 3.8) is 0 Å². The van der Waals surface area contributed by atoms with Crippen LogP contribution in [0.15, 0.2) is 36.7 Å². The number of amides is 1. The Morgan fingerprint density at radius 1 is 1.42 bits per heavy atom. The predicted molar refractivity (Wildman–Crippen MR) is 92.9 cm³/mol. The maximum atomic E-state index is 12.1. The van der Waals surface area contributed by atoms with Gasteiger partial charge in [-0.05, 0) is 25.0 Å². The van der Waals surface area contributed by atoms with Crippen molar-refractivity contribution >= 4 is 17.5 Å². The van der Waals surface area contributed by atoms with Gasteiger partial charge in [-0.1, -0.05) is 23.7 Å². The van der Waals surface area contributed by atoms with Gasteiger partial charge in [-0.15, -0.1) is 0 Å². The molecule has 1 saturated heterocycles. The van der Waals surface area contributed by atoms with E-state index in [2.05, 4.69) is 4.98 Å². The van der Waals surface area contributed by atoms with E-state index in [-0.39, 0.29) is 18.4 Å². The molecule has 1 aromatic carbocycles. The number of carbonyl (C=O) groups excluding carboxylic acids is 1. The van der Waals surface area contributed by atoms with Crippen LogP contribution < -0.4 is 0 Å².